The van der Waals surface area contributed by atoms with Gasteiger partial charge >= 0.3 is 6.09 Å². The third-order valence-electron chi connectivity index (χ3n) is 3.56. The van der Waals surface area contributed by atoms with Crippen LogP contribution in [0.4, 0.5) is 4.79 Å². The van der Waals surface area contributed by atoms with Crippen molar-refractivity contribution in [3.05, 3.63) is 34.3 Å². The van der Waals surface area contributed by atoms with Crippen molar-refractivity contribution in [3.63, 3.8) is 0 Å². The molecule has 1 heterocycles. The SMILES string of the molecule is CC(C)(C)OC(=O)N1CC[C@@H](N)[C@H]1Cc1cccc(Br)c1. The molecule has 0 unspecified atom stereocenters. The smallest absolute Gasteiger partial charge is 0.410 e. The number of carbonyl (C=O) groups excluding carboxylic acids is 1. The first-order valence-corrected chi connectivity index (χ1v) is 8.05. The van der Waals surface area contributed by atoms with Crippen LogP contribution >= 0.6 is 15.9 Å². The monoisotopic (exact) mass is 354 g/mol. The third-order valence-corrected chi connectivity index (χ3v) is 4.05. The number of amides is 1. The van der Waals surface area contributed by atoms with Crippen molar-refractivity contribution in [2.75, 3.05) is 6.54 Å². The van der Waals surface area contributed by atoms with Gasteiger partial charge in [0.1, 0.15) is 5.60 Å². The lowest BCUT2D eigenvalue weighted by Crippen LogP contribution is -2.46. The Labute approximate surface area is 134 Å². The zero-order valence-electron chi connectivity index (χ0n) is 12.8. The largest absolute Gasteiger partial charge is 0.444 e. The van der Waals surface area contributed by atoms with Crippen LogP contribution in [-0.2, 0) is 11.2 Å². The van der Waals surface area contributed by atoms with Gasteiger partial charge in [-0.1, -0.05) is 28.1 Å². The molecule has 1 aromatic rings. The lowest BCUT2D eigenvalue weighted by atomic mass is 10.0. The molecule has 1 fully saturated rings. The Kier molecular flexibility index (Phi) is 4.94. The Hall–Kier alpha value is -1.07. The Morgan fingerprint density at radius 3 is 2.81 bits per heavy atom. The summed E-state index contributed by atoms with van der Waals surface area (Å²) in [7, 11) is 0. The Balaban J connectivity index is 2.10. The third kappa shape index (κ3) is 4.45. The van der Waals surface area contributed by atoms with Crippen LogP contribution in [0.2, 0.25) is 0 Å². The first-order chi connectivity index (χ1) is 9.76. The minimum atomic E-state index is -0.482. The minimum absolute atomic E-state index is 0.00324. The average Bonchev–Trinajstić information content (AvgIpc) is 2.69. The van der Waals surface area contributed by atoms with Gasteiger partial charge in [0, 0.05) is 17.1 Å². The van der Waals surface area contributed by atoms with E-state index in [-0.39, 0.29) is 18.2 Å². The first kappa shape index (κ1) is 16.3. The predicted octanol–water partition coefficient (Wildman–Crippen LogP) is 3.33. The van der Waals surface area contributed by atoms with Crippen molar-refractivity contribution in [2.45, 2.75) is 51.3 Å². The summed E-state index contributed by atoms with van der Waals surface area (Å²) in [6, 6.07) is 8.11. The predicted molar refractivity (Wildman–Crippen MR) is 87.2 cm³/mol. The second kappa shape index (κ2) is 6.36. The van der Waals surface area contributed by atoms with Gasteiger partial charge in [-0.3, -0.25) is 0 Å². The minimum Gasteiger partial charge on any atom is -0.444 e. The maximum atomic E-state index is 12.3. The molecule has 2 N–H and O–H groups in total. The number of hydrogen-bond acceptors (Lipinski definition) is 3. The van der Waals surface area contributed by atoms with E-state index in [9.17, 15) is 4.79 Å². The van der Waals surface area contributed by atoms with Crippen molar-refractivity contribution in [1.29, 1.82) is 0 Å². The summed E-state index contributed by atoms with van der Waals surface area (Å²) in [5.74, 6) is 0. The highest BCUT2D eigenvalue weighted by molar-refractivity contribution is 9.10. The van der Waals surface area contributed by atoms with E-state index in [4.69, 9.17) is 10.5 Å². The van der Waals surface area contributed by atoms with Crippen molar-refractivity contribution >= 4 is 22.0 Å². The van der Waals surface area contributed by atoms with E-state index in [0.717, 1.165) is 17.3 Å². The molecule has 116 valence electrons. The summed E-state index contributed by atoms with van der Waals surface area (Å²) in [5, 5.41) is 0. The van der Waals surface area contributed by atoms with Crippen LogP contribution in [0.3, 0.4) is 0 Å². The highest BCUT2D eigenvalue weighted by Crippen LogP contribution is 2.24. The molecule has 0 saturated carbocycles. The number of nitrogens with zero attached hydrogens (tertiary/aromatic N) is 1. The van der Waals surface area contributed by atoms with Crippen LogP contribution in [0.1, 0.15) is 32.8 Å². The van der Waals surface area contributed by atoms with Gasteiger partial charge in [-0.05, 0) is 51.3 Å². The standard InChI is InChI=1S/C16H23BrN2O2/c1-16(2,3)21-15(20)19-8-7-13(18)14(19)10-11-5-4-6-12(17)9-11/h4-6,9,13-14H,7-8,10,18H2,1-3H3/t13-,14-/m1/s1. The topological polar surface area (TPSA) is 55.6 Å². The zero-order chi connectivity index (χ0) is 15.6. The summed E-state index contributed by atoms with van der Waals surface area (Å²) in [5.41, 5.74) is 6.88. The molecule has 21 heavy (non-hydrogen) atoms. The Morgan fingerprint density at radius 1 is 1.48 bits per heavy atom. The summed E-state index contributed by atoms with van der Waals surface area (Å²) < 4.78 is 6.52. The molecule has 0 radical (unpaired) electrons. The summed E-state index contributed by atoms with van der Waals surface area (Å²) in [6.07, 6.45) is 1.30. The number of rotatable bonds is 2. The lowest BCUT2D eigenvalue weighted by molar-refractivity contribution is 0.0220. The average molecular weight is 355 g/mol. The van der Waals surface area contributed by atoms with Crippen molar-refractivity contribution in [3.8, 4) is 0 Å². The molecule has 1 aliphatic rings. The summed E-state index contributed by atoms with van der Waals surface area (Å²) in [4.78, 5) is 14.1. The molecular weight excluding hydrogens is 332 g/mol. The van der Waals surface area contributed by atoms with Crippen LogP contribution in [0.15, 0.2) is 28.7 Å². The highest BCUT2D eigenvalue weighted by Gasteiger charge is 2.37. The maximum absolute atomic E-state index is 12.3. The second-order valence-corrected chi connectivity index (χ2v) is 7.44. The number of likely N-dealkylation sites (tertiary alicyclic amines) is 1. The van der Waals surface area contributed by atoms with Gasteiger partial charge < -0.3 is 15.4 Å². The van der Waals surface area contributed by atoms with E-state index < -0.39 is 5.60 Å². The fraction of sp³-hybridized carbons (Fsp3) is 0.562. The van der Waals surface area contributed by atoms with Crippen molar-refractivity contribution in [1.82, 2.24) is 4.90 Å². The van der Waals surface area contributed by atoms with E-state index in [0.29, 0.717) is 6.54 Å². The second-order valence-electron chi connectivity index (χ2n) is 6.53. The van der Waals surface area contributed by atoms with Crippen LogP contribution in [0.25, 0.3) is 0 Å². The Morgan fingerprint density at radius 2 is 2.19 bits per heavy atom. The molecule has 0 aliphatic carbocycles. The molecule has 4 nitrogen and oxygen atoms in total. The van der Waals surface area contributed by atoms with Crippen LogP contribution in [-0.4, -0.2) is 35.2 Å². The number of nitrogens with two attached hydrogens (primary N) is 1. The van der Waals surface area contributed by atoms with E-state index in [1.54, 1.807) is 4.90 Å². The fourth-order valence-electron chi connectivity index (χ4n) is 2.59. The van der Waals surface area contributed by atoms with Crippen molar-refractivity contribution < 1.29 is 9.53 Å². The molecule has 0 bridgehead atoms. The van der Waals surface area contributed by atoms with Gasteiger partial charge in [0.15, 0.2) is 0 Å². The number of halogens is 1. The number of benzene rings is 1. The first-order valence-electron chi connectivity index (χ1n) is 7.26. The number of carbonyl (C=O) groups is 1. The molecule has 1 aromatic carbocycles. The zero-order valence-corrected chi connectivity index (χ0v) is 14.4. The van der Waals surface area contributed by atoms with E-state index in [2.05, 4.69) is 28.1 Å². The maximum Gasteiger partial charge on any atom is 0.410 e. The van der Waals surface area contributed by atoms with Gasteiger partial charge in [0.2, 0.25) is 0 Å². The van der Waals surface area contributed by atoms with Crippen LogP contribution < -0.4 is 5.73 Å². The van der Waals surface area contributed by atoms with Crippen LogP contribution in [0, 0.1) is 0 Å². The molecule has 0 aromatic heterocycles. The van der Waals surface area contributed by atoms with E-state index in [1.807, 2.05) is 32.9 Å². The van der Waals surface area contributed by atoms with Crippen molar-refractivity contribution in [2.24, 2.45) is 5.73 Å². The van der Waals surface area contributed by atoms with Gasteiger partial charge in [-0.25, -0.2) is 4.79 Å². The lowest BCUT2D eigenvalue weighted by Gasteiger charge is -2.30. The normalized spacial score (nSPS) is 22.4. The van der Waals surface area contributed by atoms with E-state index >= 15 is 0 Å². The Bertz CT molecular complexity index is 513. The number of ether oxygens (including phenoxy) is 1. The highest BCUT2D eigenvalue weighted by atomic mass is 79.9. The summed E-state index contributed by atoms with van der Waals surface area (Å²) in [6.45, 7) is 6.30. The molecule has 5 heteroatoms. The molecule has 1 amide bonds. The van der Waals surface area contributed by atoms with Gasteiger partial charge in [-0.15, -0.1) is 0 Å². The van der Waals surface area contributed by atoms with Gasteiger partial charge in [0.25, 0.3) is 0 Å². The molecule has 2 atom stereocenters. The molecule has 1 saturated heterocycles. The fourth-order valence-corrected chi connectivity index (χ4v) is 3.04. The van der Waals surface area contributed by atoms with Gasteiger partial charge in [-0.2, -0.15) is 0 Å². The number of hydrogen-bond donors (Lipinski definition) is 1. The molecular formula is C16H23BrN2O2. The van der Waals surface area contributed by atoms with Crippen LogP contribution in [0.5, 0.6) is 0 Å². The summed E-state index contributed by atoms with van der Waals surface area (Å²) >= 11 is 3.47. The quantitative estimate of drug-likeness (QED) is 0.885. The van der Waals surface area contributed by atoms with E-state index in [1.165, 1.54) is 5.56 Å². The van der Waals surface area contributed by atoms with Gasteiger partial charge in [0.05, 0.1) is 6.04 Å². The molecule has 0 spiro atoms. The molecule has 2 rings (SSSR count). The molecule has 1 aliphatic heterocycles.